The van der Waals surface area contributed by atoms with Gasteiger partial charge in [-0.1, -0.05) is 42.1 Å². The predicted octanol–water partition coefficient (Wildman–Crippen LogP) is 2.68. The third kappa shape index (κ3) is 3.93. The standard InChI is InChI=1S/C15H13NO3S/c17-12(9-11-5-2-1-3-6-11)10-20-14-13(15(18)19)7-4-8-16-14/h1-8H,9-10H2,(H,18,19). The molecule has 0 fully saturated rings. The molecule has 0 amide bonds. The molecule has 4 nitrogen and oxygen atoms in total. The van der Waals surface area contributed by atoms with Crippen molar-refractivity contribution in [2.75, 3.05) is 5.75 Å². The summed E-state index contributed by atoms with van der Waals surface area (Å²) in [5.41, 5.74) is 1.09. The van der Waals surface area contributed by atoms with Crippen LogP contribution in [-0.2, 0) is 11.2 Å². The molecule has 1 heterocycles. The van der Waals surface area contributed by atoms with Crippen LogP contribution in [0, 0.1) is 0 Å². The number of thioether (sulfide) groups is 1. The number of carboxylic acids is 1. The lowest BCUT2D eigenvalue weighted by molar-refractivity contribution is -0.116. The zero-order chi connectivity index (χ0) is 14.4. The van der Waals surface area contributed by atoms with Crippen LogP contribution in [0.2, 0.25) is 0 Å². The van der Waals surface area contributed by atoms with Gasteiger partial charge in [-0.05, 0) is 17.7 Å². The highest BCUT2D eigenvalue weighted by atomic mass is 32.2. The fourth-order valence-corrected chi connectivity index (χ4v) is 2.54. The Bertz CT molecular complexity index is 614. The summed E-state index contributed by atoms with van der Waals surface area (Å²) in [5.74, 6) is -0.772. The number of aromatic nitrogens is 1. The van der Waals surface area contributed by atoms with Gasteiger partial charge in [0.2, 0.25) is 0 Å². The van der Waals surface area contributed by atoms with E-state index in [4.69, 9.17) is 5.11 Å². The van der Waals surface area contributed by atoms with Crippen molar-refractivity contribution >= 4 is 23.5 Å². The van der Waals surface area contributed by atoms with Gasteiger partial charge in [-0.2, -0.15) is 0 Å². The Labute approximate surface area is 120 Å². The average molecular weight is 287 g/mol. The second-order valence-electron chi connectivity index (χ2n) is 4.15. The molecule has 0 saturated carbocycles. The van der Waals surface area contributed by atoms with E-state index in [0.29, 0.717) is 11.4 Å². The van der Waals surface area contributed by atoms with Crippen molar-refractivity contribution in [1.82, 2.24) is 4.98 Å². The molecule has 2 rings (SSSR count). The molecule has 0 aliphatic rings. The number of hydrogen-bond acceptors (Lipinski definition) is 4. The van der Waals surface area contributed by atoms with Crippen LogP contribution in [0.1, 0.15) is 15.9 Å². The van der Waals surface area contributed by atoms with Crippen molar-refractivity contribution in [2.24, 2.45) is 0 Å². The van der Waals surface area contributed by atoms with E-state index in [0.717, 1.165) is 17.3 Å². The number of carboxylic acid groups (broad SMARTS) is 1. The Balaban J connectivity index is 1.96. The molecule has 0 atom stereocenters. The first-order chi connectivity index (χ1) is 9.66. The number of nitrogens with zero attached hydrogens (tertiary/aromatic N) is 1. The van der Waals surface area contributed by atoms with Crippen molar-refractivity contribution in [3.8, 4) is 0 Å². The summed E-state index contributed by atoms with van der Waals surface area (Å²) < 4.78 is 0. The lowest BCUT2D eigenvalue weighted by Crippen LogP contribution is -2.07. The number of aromatic carboxylic acids is 1. The van der Waals surface area contributed by atoms with Gasteiger partial charge in [-0.3, -0.25) is 4.79 Å². The van der Waals surface area contributed by atoms with Crippen LogP contribution in [0.5, 0.6) is 0 Å². The maximum atomic E-state index is 11.9. The Morgan fingerprint density at radius 3 is 2.55 bits per heavy atom. The molecule has 0 aliphatic carbocycles. The van der Waals surface area contributed by atoms with E-state index in [9.17, 15) is 9.59 Å². The number of hydrogen-bond donors (Lipinski definition) is 1. The zero-order valence-corrected chi connectivity index (χ0v) is 11.5. The average Bonchev–Trinajstić information content (AvgIpc) is 2.46. The van der Waals surface area contributed by atoms with Crippen LogP contribution < -0.4 is 0 Å². The van der Waals surface area contributed by atoms with E-state index < -0.39 is 5.97 Å². The largest absolute Gasteiger partial charge is 0.478 e. The van der Waals surface area contributed by atoms with Gasteiger partial charge in [-0.15, -0.1) is 0 Å². The number of Topliss-reactive ketones (excluding diaryl/α,β-unsaturated/α-hetero) is 1. The maximum absolute atomic E-state index is 11.9. The van der Waals surface area contributed by atoms with Gasteiger partial charge in [0.1, 0.15) is 10.8 Å². The number of carbonyl (C=O) groups excluding carboxylic acids is 1. The first kappa shape index (κ1) is 14.3. The van der Waals surface area contributed by atoms with Gasteiger partial charge >= 0.3 is 5.97 Å². The van der Waals surface area contributed by atoms with Gasteiger partial charge < -0.3 is 5.11 Å². The molecule has 102 valence electrons. The molecular weight excluding hydrogens is 274 g/mol. The topological polar surface area (TPSA) is 67.3 Å². The fourth-order valence-electron chi connectivity index (χ4n) is 1.69. The van der Waals surface area contributed by atoms with E-state index in [1.807, 2.05) is 30.3 Å². The van der Waals surface area contributed by atoms with Crippen LogP contribution in [0.25, 0.3) is 0 Å². The lowest BCUT2D eigenvalue weighted by atomic mass is 10.1. The zero-order valence-electron chi connectivity index (χ0n) is 10.7. The second-order valence-corrected chi connectivity index (χ2v) is 5.12. The third-order valence-corrected chi connectivity index (χ3v) is 3.68. The number of benzene rings is 1. The predicted molar refractivity (Wildman–Crippen MR) is 77.1 cm³/mol. The van der Waals surface area contributed by atoms with Gasteiger partial charge in [0.05, 0.1) is 11.3 Å². The minimum Gasteiger partial charge on any atom is -0.478 e. The van der Waals surface area contributed by atoms with E-state index in [1.165, 1.54) is 12.3 Å². The highest BCUT2D eigenvalue weighted by molar-refractivity contribution is 8.00. The molecule has 1 aromatic carbocycles. The molecule has 0 spiro atoms. The van der Waals surface area contributed by atoms with Crippen LogP contribution >= 0.6 is 11.8 Å². The molecule has 1 aromatic heterocycles. The maximum Gasteiger partial charge on any atom is 0.338 e. The van der Waals surface area contributed by atoms with Crippen molar-refractivity contribution < 1.29 is 14.7 Å². The molecule has 0 radical (unpaired) electrons. The van der Waals surface area contributed by atoms with Crippen molar-refractivity contribution in [3.63, 3.8) is 0 Å². The molecule has 0 unspecified atom stereocenters. The van der Waals surface area contributed by atoms with Gasteiger partial charge in [0.25, 0.3) is 0 Å². The molecule has 5 heteroatoms. The Hall–Kier alpha value is -2.14. The van der Waals surface area contributed by atoms with Gasteiger partial charge in [-0.25, -0.2) is 9.78 Å². The number of carbonyl (C=O) groups is 2. The van der Waals surface area contributed by atoms with E-state index in [-0.39, 0.29) is 17.1 Å². The van der Waals surface area contributed by atoms with E-state index >= 15 is 0 Å². The minimum atomic E-state index is -1.03. The Morgan fingerprint density at radius 1 is 1.10 bits per heavy atom. The Morgan fingerprint density at radius 2 is 1.85 bits per heavy atom. The quantitative estimate of drug-likeness (QED) is 0.827. The summed E-state index contributed by atoms with van der Waals surface area (Å²) in [6, 6.07) is 12.5. The number of pyridine rings is 1. The number of ketones is 1. The summed E-state index contributed by atoms with van der Waals surface area (Å²) in [5, 5.41) is 9.40. The molecule has 20 heavy (non-hydrogen) atoms. The first-order valence-electron chi connectivity index (χ1n) is 6.03. The monoisotopic (exact) mass is 287 g/mol. The van der Waals surface area contributed by atoms with Gasteiger partial charge in [0, 0.05) is 12.6 Å². The van der Waals surface area contributed by atoms with Gasteiger partial charge in [0.15, 0.2) is 0 Å². The Kier molecular flexibility index (Phi) is 4.90. The van der Waals surface area contributed by atoms with Crippen LogP contribution in [0.3, 0.4) is 0 Å². The summed E-state index contributed by atoms with van der Waals surface area (Å²) in [6.07, 6.45) is 1.87. The van der Waals surface area contributed by atoms with E-state index in [2.05, 4.69) is 4.98 Å². The summed E-state index contributed by atoms with van der Waals surface area (Å²) >= 11 is 1.16. The van der Waals surface area contributed by atoms with Crippen molar-refractivity contribution in [1.29, 1.82) is 0 Å². The van der Waals surface area contributed by atoms with Crippen LogP contribution in [-0.4, -0.2) is 27.6 Å². The molecule has 1 N–H and O–H groups in total. The molecule has 0 bridgehead atoms. The van der Waals surface area contributed by atoms with E-state index in [1.54, 1.807) is 6.07 Å². The smallest absolute Gasteiger partial charge is 0.338 e. The van der Waals surface area contributed by atoms with Crippen molar-refractivity contribution in [2.45, 2.75) is 11.4 Å². The molecule has 0 saturated heterocycles. The minimum absolute atomic E-state index is 0.0446. The molecular formula is C15H13NO3S. The summed E-state index contributed by atoms with van der Waals surface area (Å²) in [7, 11) is 0. The van der Waals surface area contributed by atoms with Crippen LogP contribution in [0.4, 0.5) is 0 Å². The summed E-state index contributed by atoms with van der Waals surface area (Å²) in [4.78, 5) is 26.9. The third-order valence-electron chi connectivity index (χ3n) is 2.62. The SMILES string of the molecule is O=C(CSc1ncccc1C(=O)O)Cc1ccccc1. The fraction of sp³-hybridized carbons (Fsp3) is 0.133. The number of rotatable bonds is 6. The van der Waals surface area contributed by atoms with Crippen LogP contribution in [0.15, 0.2) is 53.7 Å². The molecule has 2 aromatic rings. The summed E-state index contributed by atoms with van der Waals surface area (Å²) in [6.45, 7) is 0. The first-order valence-corrected chi connectivity index (χ1v) is 7.02. The highest BCUT2D eigenvalue weighted by Gasteiger charge is 2.12. The second kappa shape index (κ2) is 6.86. The lowest BCUT2D eigenvalue weighted by Gasteiger charge is -2.04. The molecule has 0 aliphatic heterocycles. The highest BCUT2D eigenvalue weighted by Crippen LogP contribution is 2.20. The van der Waals surface area contributed by atoms with Crippen molar-refractivity contribution in [3.05, 3.63) is 59.8 Å². The normalized spacial score (nSPS) is 10.2.